The zero-order valence-electron chi connectivity index (χ0n) is 10.9. The van der Waals surface area contributed by atoms with Gasteiger partial charge in [-0.05, 0) is 36.5 Å². The Kier molecular flexibility index (Phi) is 5.57. The molecule has 18 heavy (non-hydrogen) atoms. The van der Waals surface area contributed by atoms with Gasteiger partial charge in [0.25, 0.3) is 0 Å². The van der Waals surface area contributed by atoms with Crippen molar-refractivity contribution in [2.45, 2.75) is 26.7 Å². The van der Waals surface area contributed by atoms with Crippen LogP contribution in [0.4, 0.5) is 4.39 Å². The highest BCUT2D eigenvalue weighted by atomic mass is 35.5. The number of aliphatic hydroxyl groups is 1. The number of rotatable bonds is 6. The maximum absolute atomic E-state index is 13.1. The molecular weight excluding hydrogens is 253 g/mol. The van der Waals surface area contributed by atoms with Gasteiger partial charge in [0.05, 0.1) is 11.6 Å². The average molecular weight is 274 g/mol. The molecule has 0 saturated carbocycles. The second-order valence-electron chi connectivity index (χ2n) is 5.39. The summed E-state index contributed by atoms with van der Waals surface area (Å²) in [5.74, 6) is 0.0169. The fraction of sp³-hybridized carbons (Fsp3) is 0.571. The average Bonchev–Trinajstić information content (AvgIpc) is 2.32. The van der Waals surface area contributed by atoms with Crippen molar-refractivity contribution in [3.05, 3.63) is 34.6 Å². The summed E-state index contributed by atoms with van der Waals surface area (Å²) in [6.07, 6.45) is 1.44. The molecular formula is C14H21ClFNO. The quantitative estimate of drug-likeness (QED) is 0.837. The molecule has 0 saturated heterocycles. The van der Waals surface area contributed by atoms with E-state index in [1.807, 2.05) is 0 Å². The summed E-state index contributed by atoms with van der Waals surface area (Å²) in [4.78, 5) is 0. The second-order valence-corrected chi connectivity index (χ2v) is 5.79. The lowest BCUT2D eigenvalue weighted by atomic mass is 9.76. The van der Waals surface area contributed by atoms with Crippen molar-refractivity contribution in [1.82, 2.24) is 0 Å². The van der Waals surface area contributed by atoms with Gasteiger partial charge >= 0.3 is 0 Å². The van der Waals surface area contributed by atoms with Crippen molar-refractivity contribution in [2.24, 2.45) is 17.1 Å². The molecule has 0 aromatic heterocycles. The van der Waals surface area contributed by atoms with Crippen LogP contribution < -0.4 is 5.73 Å². The maximum atomic E-state index is 13.1. The summed E-state index contributed by atoms with van der Waals surface area (Å²) in [6, 6.07) is 4.66. The van der Waals surface area contributed by atoms with Crippen molar-refractivity contribution in [2.75, 3.05) is 13.2 Å². The van der Waals surface area contributed by atoms with E-state index in [1.54, 1.807) is 12.1 Å². The normalized spacial score (nSPS) is 14.8. The molecule has 2 nitrogen and oxygen atoms in total. The van der Waals surface area contributed by atoms with Gasteiger partial charge in [-0.15, -0.1) is 0 Å². The number of hydrogen-bond acceptors (Lipinski definition) is 2. The van der Waals surface area contributed by atoms with Crippen molar-refractivity contribution in [3.8, 4) is 0 Å². The first-order valence-corrected chi connectivity index (χ1v) is 6.55. The molecule has 102 valence electrons. The minimum atomic E-state index is -0.424. The van der Waals surface area contributed by atoms with Gasteiger partial charge in [0.2, 0.25) is 0 Å². The standard InChI is InChI=1S/C14H21ClFNO/c1-10(2)6-14(8-17,9-18)7-11-3-4-13(16)12(15)5-11/h3-5,10,18H,6-9,17H2,1-2H3. The van der Waals surface area contributed by atoms with E-state index < -0.39 is 5.82 Å². The highest BCUT2D eigenvalue weighted by Crippen LogP contribution is 2.30. The summed E-state index contributed by atoms with van der Waals surface area (Å²) in [5, 5.41) is 9.74. The number of hydrogen-bond donors (Lipinski definition) is 2. The first kappa shape index (κ1) is 15.4. The van der Waals surface area contributed by atoms with E-state index in [0.29, 0.717) is 18.9 Å². The van der Waals surface area contributed by atoms with Crippen LogP contribution in [0.5, 0.6) is 0 Å². The predicted octanol–water partition coefficient (Wildman–Crippen LogP) is 3.01. The van der Waals surface area contributed by atoms with E-state index in [2.05, 4.69) is 13.8 Å². The van der Waals surface area contributed by atoms with Gasteiger partial charge in [0.1, 0.15) is 5.82 Å². The molecule has 1 aromatic carbocycles. The summed E-state index contributed by atoms with van der Waals surface area (Å²) < 4.78 is 13.1. The zero-order chi connectivity index (χ0) is 13.8. The summed E-state index contributed by atoms with van der Waals surface area (Å²) in [6.45, 7) is 4.61. The SMILES string of the molecule is CC(C)CC(CN)(CO)Cc1ccc(F)c(Cl)c1. The minimum Gasteiger partial charge on any atom is -0.396 e. The topological polar surface area (TPSA) is 46.2 Å². The molecule has 0 heterocycles. The van der Waals surface area contributed by atoms with Crippen molar-refractivity contribution >= 4 is 11.6 Å². The predicted molar refractivity (Wildman–Crippen MR) is 73.1 cm³/mol. The molecule has 0 spiro atoms. The highest BCUT2D eigenvalue weighted by molar-refractivity contribution is 6.30. The highest BCUT2D eigenvalue weighted by Gasteiger charge is 2.29. The van der Waals surface area contributed by atoms with E-state index in [-0.39, 0.29) is 17.0 Å². The lowest BCUT2D eigenvalue weighted by molar-refractivity contribution is 0.108. The minimum absolute atomic E-state index is 0.0245. The molecule has 4 heteroatoms. The van der Waals surface area contributed by atoms with Gasteiger partial charge in [-0.3, -0.25) is 0 Å². The van der Waals surface area contributed by atoms with Crippen LogP contribution in [0.25, 0.3) is 0 Å². The lowest BCUT2D eigenvalue weighted by Gasteiger charge is -2.32. The molecule has 1 rings (SSSR count). The smallest absolute Gasteiger partial charge is 0.141 e. The Morgan fingerprint density at radius 2 is 2.11 bits per heavy atom. The van der Waals surface area contributed by atoms with Crippen molar-refractivity contribution < 1.29 is 9.50 Å². The molecule has 0 aliphatic heterocycles. The van der Waals surface area contributed by atoms with Crippen LogP contribution in [-0.4, -0.2) is 18.3 Å². The largest absolute Gasteiger partial charge is 0.396 e. The van der Waals surface area contributed by atoms with E-state index in [9.17, 15) is 9.50 Å². The monoisotopic (exact) mass is 273 g/mol. The first-order valence-electron chi connectivity index (χ1n) is 6.17. The molecule has 1 aromatic rings. The lowest BCUT2D eigenvalue weighted by Crippen LogP contribution is -2.37. The maximum Gasteiger partial charge on any atom is 0.141 e. The number of aliphatic hydroxyl groups excluding tert-OH is 1. The van der Waals surface area contributed by atoms with Gasteiger partial charge in [0, 0.05) is 12.0 Å². The third-order valence-corrected chi connectivity index (χ3v) is 3.46. The molecule has 0 aliphatic rings. The number of halogens is 2. The van der Waals surface area contributed by atoms with Gasteiger partial charge in [-0.2, -0.15) is 0 Å². The first-order chi connectivity index (χ1) is 8.42. The van der Waals surface area contributed by atoms with Crippen LogP contribution >= 0.6 is 11.6 Å². The van der Waals surface area contributed by atoms with Crippen molar-refractivity contribution in [3.63, 3.8) is 0 Å². The van der Waals surface area contributed by atoms with Gasteiger partial charge in [0.15, 0.2) is 0 Å². The second kappa shape index (κ2) is 6.50. The molecule has 0 fully saturated rings. The Labute approximate surface area is 113 Å². The Bertz CT molecular complexity index is 391. The van der Waals surface area contributed by atoms with Crippen molar-refractivity contribution in [1.29, 1.82) is 0 Å². The molecule has 0 bridgehead atoms. The van der Waals surface area contributed by atoms with Gasteiger partial charge < -0.3 is 10.8 Å². The van der Waals surface area contributed by atoms with E-state index in [0.717, 1.165) is 12.0 Å². The fourth-order valence-electron chi connectivity index (χ4n) is 2.36. The Morgan fingerprint density at radius 1 is 1.44 bits per heavy atom. The summed E-state index contributed by atoms with van der Waals surface area (Å²) in [7, 11) is 0. The molecule has 1 unspecified atom stereocenters. The Morgan fingerprint density at radius 3 is 2.56 bits per heavy atom. The van der Waals surface area contributed by atoms with E-state index in [4.69, 9.17) is 17.3 Å². The Balaban J connectivity index is 2.92. The van der Waals surface area contributed by atoms with Crippen LogP contribution in [-0.2, 0) is 6.42 Å². The third-order valence-electron chi connectivity index (χ3n) is 3.17. The zero-order valence-corrected chi connectivity index (χ0v) is 11.7. The van der Waals surface area contributed by atoms with Crippen LogP contribution in [0.3, 0.4) is 0 Å². The number of nitrogens with two attached hydrogens (primary N) is 1. The van der Waals surface area contributed by atoms with Crippen LogP contribution in [0.15, 0.2) is 18.2 Å². The molecule has 0 radical (unpaired) electrons. The number of benzene rings is 1. The summed E-state index contributed by atoms with van der Waals surface area (Å²) in [5.41, 5.74) is 6.37. The summed E-state index contributed by atoms with van der Waals surface area (Å²) >= 11 is 5.77. The fourth-order valence-corrected chi connectivity index (χ4v) is 2.56. The molecule has 0 amide bonds. The van der Waals surface area contributed by atoms with Crippen LogP contribution in [0.1, 0.15) is 25.8 Å². The Hall–Kier alpha value is -0.640. The van der Waals surface area contributed by atoms with Crippen LogP contribution in [0.2, 0.25) is 5.02 Å². The molecule has 0 aliphatic carbocycles. The molecule has 3 N–H and O–H groups in total. The van der Waals surface area contributed by atoms with E-state index in [1.165, 1.54) is 6.07 Å². The van der Waals surface area contributed by atoms with Crippen LogP contribution in [0, 0.1) is 17.2 Å². The third kappa shape index (κ3) is 3.94. The molecule has 1 atom stereocenters. The van der Waals surface area contributed by atoms with Gasteiger partial charge in [-0.25, -0.2) is 4.39 Å². The van der Waals surface area contributed by atoms with Gasteiger partial charge in [-0.1, -0.05) is 31.5 Å². The van der Waals surface area contributed by atoms with E-state index >= 15 is 0 Å².